The minimum absolute atomic E-state index is 0.301. The summed E-state index contributed by atoms with van der Waals surface area (Å²) in [5.74, 6) is 0. The second-order valence-electron chi connectivity index (χ2n) is 5.70. The van der Waals surface area contributed by atoms with E-state index in [2.05, 4.69) is 48.1 Å². The molecule has 0 aromatic rings. The molecule has 0 radical (unpaired) electrons. The molecule has 1 saturated heterocycles. The molecule has 1 aliphatic rings. The van der Waals surface area contributed by atoms with E-state index in [0.717, 1.165) is 5.47 Å². The Kier molecular flexibility index (Phi) is 4.05. The molecule has 94 valence electrons. The zero-order valence-electron chi connectivity index (χ0n) is 11.8. The van der Waals surface area contributed by atoms with Gasteiger partial charge >= 0.3 is 7.12 Å². The van der Waals surface area contributed by atoms with Gasteiger partial charge in [-0.1, -0.05) is 30.4 Å². The first-order valence-corrected chi connectivity index (χ1v) is 6.03. The van der Waals surface area contributed by atoms with Crippen LogP contribution in [-0.4, -0.2) is 18.3 Å². The summed E-state index contributed by atoms with van der Waals surface area (Å²) in [6.45, 7) is 16.1. The topological polar surface area (TPSA) is 18.5 Å². The lowest BCUT2D eigenvalue weighted by atomic mass is 9.78. The molecule has 0 atom stereocenters. The monoisotopic (exact) mass is 234 g/mol. The molecule has 0 N–H and O–H groups in total. The molecule has 1 heterocycles. The van der Waals surface area contributed by atoms with Crippen molar-refractivity contribution in [3.05, 3.63) is 35.9 Å². The molecule has 1 fully saturated rings. The van der Waals surface area contributed by atoms with E-state index < -0.39 is 0 Å². The van der Waals surface area contributed by atoms with Crippen molar-refractivity contribution >= 4 is 7.12 Å². The first-order valence-electron chi connectivity index (χ1n) is 6.03. The number of hydrogen-bond acceptors (Lipinski definition) is 2. The van der Waals surface area contributed by atoms with Gasteiger partial charge < -0.3 is 9.31 Å². The van der Waals surface area contributed by atoms with Gasteiger partial charge in [-0.15, -0.1) is 0 Å². The normalized spacial score (nSPS) is 22.5. The summed E-state index contributed by atoms with van der Waals surface area (Å²) < 4.78 is 11.9. The lowest BCUT2D eigenvalue weighted by Crippen LogP contribution is -2.41. The summed E-state index contributed by atoms with van der Waals surface area (Å²) >= 11 is 0. The first kappa shape index (κ1) is 14.3. The third-order valence-electron chi connectivity index (χ3n) is 3.37. The van der Waals surface area contributed by atoms with Crippen molar-refractivity contribution in [2.45, 2.75) is 52.7 Å². The molecule has 0 aromatic heterocycles. The van der Waals surface area contributed by atoms with Crippen molar-refractivity contribution in [2.24, 2.45) is 0 Å². The van der Waals surface area contributed by atoms with E-state index >= 15 is 0 Å². The van der Waals surface area contributed by atoms with Gasteiger partial charge in [-0.3, -0.25) is 0 Å². The maximum atomic E-state index is 5.96. The third-order valence-corrected chi connectivity index (χ3v) is 3.37. The van der Waals surface area contributed by atoms with Crippen molar-refractivity contribution < 1.29 is 9.31 Å². The highest BCUT2D eigenvalue weighted by Crippen LogP contribution is 2.38. The summed E-state index contributed by atoms with van der Waals surface area (Å²) in [4.78, 5) is 0. The van der Waals surface area contributed by atoms with Gasteiger partial charge in [0.1, 0.15) is 0 Å². The van der Waals surface area contributed by atoms with E-state index in [0.29, 0.717) is 0 Å². The molecule has 17 heavy (non-hydrogen) atoms. The van der Waals surface area contributed by atoms with E-state index in [4.69, 9.17) is 9.31 Å². The molecule has 0 saturated carbocycles. The van der Waals surface area contributed by atoms with E-state index in [1.165, 1.54) is 5.57 Å². The molecule has 3 heteroatoms. The zero-order valence-corrected chi connectivity index (χ0v) is 11.8. The second kappa shape index (κ2) is 4.83. The lowest BCUT2D eigenvalue weighted by Gasteiger charge is -2.32. The van der Waals surface area contributed by atoms with Gasteiger partial charge in [0.25, 0.3) is 0 Å². The second-order valence-corrected chi connectivity index (χ2v) is 5.70. The van der Waals surface area contributed by atoms with Crippen LogP contribution in [0.3, 0.4) is 0 Å². The molecular weight excluding hydrogens is 211 g/mol. The van der Waals surface area contributed by atoms with E-state index in [1.807, 2.05) is 12.2 Å². The smallest absolute Gasteiger partial charge is 0.399 e. The van der Waals surface area contributed by atoms with Crippen molar-refractivity contribution in [3.63, 3.8) is 0 Å². The van der Waals surface area contributed by atoms with Crippen LogP contribution in [0.25, 0.3) is 0 Å². The molecule has 0 unspecified atom stereocenters. The Morgan fingerprint density at radius 1 is 1.00 bits per heavy atom. The maximum Gasteiger partial charge on any atom is 0.494 e. The predicted octanol–water partition coefficient (Wildman–Crippen LogP) is 3.70. The van der Waals surface area contributed by atoms with Crippen LogP contribution in [0.5, 0.6) is 0 Å². The summed E-state index contributed by atoms with van der Waals surface area (Å²) in [6, 6.07) is 0. The Hall–Kier alpha value is -0.795. The number of rotatable bonds is 3. The predicted molar refractivity (Wildman–Crippen MR) is 73.8 cm³/mol. The van der Waals surface area contributed by atoms with Gasteiger partial charge in [0.15, 0.2) is 0 Å². The molecule has 0 aliphatic carbocycles. The average molecular weight is 234 g/mol. The van der Waals surface area contributed by atoms with Crippen LogP contribution in [0.1, 0.15) is 41.5 Å². The standard InChI is InChI=1S/C14H23BO2/c1-8-12(10-9-11(2)3)15-16-13(4,5)14(6,7)17-15/h8-10H,1H2,2-7H3/b12-10+. The Morgan fingerprint density at radius 3 is 1.82 bits per heavy atom. The van der Waals surface area contributed by atoms with Crippen molar-refractivity contribution in [1.29, 1.82) is 0 Å². The molecule has 1 rings (SSSR count). The fourth-order valence-electron chi connectivity index (χ4n) is 1.48. The maximum absolute atomic E-state index is 5.96. The van der Waals surface area contributed by atoms with Crippen molar-refractivity contribution in [2.75, 3.05) is 0 Å². The van der Waals surface area contributed by atoms with Crippen LogP contribution < -0.4 is 0 Å². The van der Waals surface area contributed by atoms with Gasteiger partial charge in [-0.25, -0.2) is 0 Å². The molecule has 2 nitrogen and oxygen atoms in total. The molecule has 1 aliphatic heterocycles. The van der Waals surface area contributed by atoms with E-state index in [1.54, 1.807) is 6.08 Å². The molecular formula is C14H23BO2. The van der Waals surface area contributed by atoms with Crippen LogP contribution in [0.2, 0.25) is 0 Å². The van der Waals surface area contributed by atoms with Gasteiger partial charge in [0.2, 0.25) is 0 Å². The SMILES string of the molecule is C=C/C(=C\C=C(C)C)B1OC(C)(C)C(C)(C)O1. The highest BCUT2D eigenvalue weighted by molar-refractivity contribution is 6.55. The Morgan fingerprint density at radius 2 is 1.47 bits per heavy atom. The first-order chi connectivity index (χ1) is 7.69. The Balaban J connectivity index is 2.93. The van der Waals surface area contributed by atoms with E-state index in [9.17, 15) is 0 Å². The van der Waals surface area contributed by atoms with Gasteiger partial charge in [0, 0.05) is 0 Å². The van der Waals surface area contributed by atoms with E-state index in [-0.39, 0.29) is 18.3 Å². The minimum atomic E-state index is -0.326. The Bertz CT molecular complexity index is 344. The largest absolute Gasteiger partial charge is 0.494 e. The quantitative estimate of drug-likeness (QED) is 0.547. The molecule has 0 amide bonds. The highest BCUT2D eigenvalue weighted by atomic mass is 16.7. The average Bonchev–Trinajstić information content (AvgIpc) is 2.36. The summed E-state index contributed by atoms with van der Waals surface area (Å²) in [7, 11) is -0.326. The minimum Gasteiger partial charge on any atom is -0.399 e. The van der Waals surface area contributed by atoms with Crippen LogP contribution >= 0.6 is 0 Å². The van der Waals surface area contributed by atoms with Crippen LogP contribution in [0.4, 0.5) is 0 Å². The Labute approximate surface area is 106 Å². The molecule has 0 aromatic carbocycles. The van der Waals surface area contributed by atoms with Gasteiger partial charge in [0.05, 0.1) is 11.2 Å². The fraction of sp³-hybridized carbons (Fsp3) is 0.571. The summed E-state index contributed by atoms with van der Waals surface area (Å²) in [5, 5.41) is 0. The van der Waals surface area contributed by atoms with Crippen molar-refractivity contribution in [1.82, 2.24) is 0 Å². The van der Waals surface area contributed by atoms with Gasteiger partial charge in [-0.2, -0.15) is 0 Å². The van der Waals surface area contributed by atoms with Crippen LogP contribution in [0.15, 0.2) is 35.9 Å². The van der Waals surface area contributed by atoms with Crippen LogP contribution in [0, 0.1) is 0 Å². The van der Waals surface area contributed by atoms with Crippen LogP contribution in [-0.2, 0) is 9.31 Å². The third kappa shape index (κ3) is 3.11. The molecule has 0 bridgehead atoms. The fourth-order valence-corrected chi connectivity index (χ4v) is 1.48. The number of allylic oxidation sites excluding steroid dienone is 5. The molecule has 0 spiro atoms. The summed E-state index contributed by atoms with van der Waals surface area (Å²) in [6.07, 6.45) is 5.84. The van der Waals surface area contributed by atoms with Gasteiger partial charge in [-0.05, 0) is 47.0 Å². The number of hydrogen-bond donors (Lipinski definition) is 0. The lowest BCUT2D eigenvalue weighted by molar-refractivity contribution is 0.00578. The highest BCUT2D eigenvalue weighted by Gasteiger charge is 2.51. The van der Waals surface area contributed by atoms with Crippen molar-refractivity contribution in [3.8, 4) is 0 Å². The zero-order chi connectivity index (χ0) is 13.3. The summed E-state index contributed by atoms with van der Waals surface area (Å²) in [5.41, 5.74) is 1.60.